The molecule has 0 N–H and O–H groups in total. The van der Waals surface area contributed by atoms with Crippen LogP contribution in [0.3, 0.4) is 0 Å². The number of nitrogens with zero attached hydrogens (tertiary/aromatic N) is 1. The van der Waals surface area contributed by atoms with Crippen LogP contribution in [0.2, 0.25) is 0 Å². The highest BCUT2D eigenvalue weighted by Gasteiger charge is 2.30. The Morgan fingerprint density at radius 2 is 1.70 bits per heavy atom. The molecule has 1 aromatic heterocycles. The molecule has 1 nitrogen and oxygen atoms in total. The first-order valence-corrected chi connectivity index (χ1v) is 5.56. The highest BCUT2D eigenvalue weighted by molar-refractivity contribution is 5.85. The Labute approximate surface area is 121 Å². The summed E-state index contributed by atoms with van der Waals surface area (Å²) in [4.78, 5) is 3.97. The van der Waals surface area contributed by atoms with Crippen LogP contribution < -0.4 is 0 Å². The van der Waals surface area contributed by atoms with Gasteiger partial charge in [0, 0.05) is 23.5 Å². The van der Waals surface area contributed by atoms with Crippen LogP contribution in [0.25, 0.3) is 0 Å². The van der Waals surface area contributed by atoms with Crippen molar-refractivity contribution >= 4 is 12.4 Å². The first kappa shape index (κ1) is 16.1. The van der Waals surface area contributed by atoms with E-state index in [0.717, 1.165) is 17.7 Å². The number of hydrogen-bond donors (Lipinski definition) is 0. The third kappa shape index (κ3) is 4.29. The largest absolute Gasteiger partial charge is 0.416 e. The first-order chi connectivity index (χ1) is 8.95. The fourth-order valence-electron chi connectivity index (χ4n) is 1.54. The second-order valence-corrected chi connectivity index (χ2v) is 4.08. The van der Waals surface area contributed by atoms with E-state index in [2.05, 4.69) is 16.8 Å². The minimum Gasteiger partial charge on any atom is -0.263 e. The molecule has 1 heterocycles. The fraction of sp³-hybridized carbons (Fsp3) is 0.133. The predicted molar refractivity (Wildman–Crippen MR) is 73.6 cm³/mol. The zero-order chi connectivity index (χ0) is 13.9. The van der Waals surface area contributed by atoms with Crippen molar-refractivity contribution in [2.24, 2.45) is 0 Å². The molecular weight excluding hydrogens is 287 g/mol. The van der Waals surface area contributed by atoms with Gasteiger partial charge in [0.15, 0.2) is 0 Å². The van der Waals surface area contributed by atoms with Crippen LogP contribution in [0, 0.1) is 18.8 Å². The van der Waals surface area contributed by atoms with Gasteiger partial charge in [-0.05, 0) is 36.8 Å². The van der Waals surface area contributed by atoms with Gasteiger partial charge in [-0.25, -0.2) is 0 Å². The summed E-state index contributed by atoms with van der Waals surface area (Å²) < 4.78 is 37.6. The molecule has 2 rings (SSSR count). The van der Waals surface area contributed by atoms with Gasteiger partial charge in [-0.15, -0.1) is 12.4 Å². The topological polar surface area (TPSA) is 12.9 Å². The van der Waals surface area contributed by atoms with Crippen molar-refractivity contribution in [3.8, 4) is 11.8 Å². The smallest absolute Gasteiger partial charge is 0.263 e. The molecular formula is C15H11ClF3N. The van der Waals surface area contributed by atoms with Crippen molar-refractivity contribution in [3.05, 3.63) is 65.0 Å². The molecule has 0 bridgehead atoms. The van der Waals surface area contributed by atoms with E-state index in [1.54, 1.807) is 18.5 Å². The van der Waals surface area contributed by atoms with E-state index in [9.17, 15) is 13.2 Å². The molecule has 1 aromatic carbocycles. The van der Waals surface area contributed by atoms with Crippen LogP contribution in [0.5, 0.6) is 0 Å². The van der Waals surface area contributed by atoms with Gasteiger partial charge in [0.2, 0.25) is 0 Å². The van der Waals surface area contributed by atoms with E-state index >= 15 is 0 Å². The van der Waals surface area contributed by atoms with Gasteiger partial charge in [0.05, 0.1) is 5.56 Å². The van der Waals surface area contributed by atoms with Crippen molar-refractivity contribution in [3.63, 3.8) is 0 Å². The molecule has 0 unspecified atom stereocenters. The van der Waals surface area contributed by atoms with Gasteiger partial charge >= 0.3 is 6.18 Å². The maximum Gasteiger partial charge on any atom is 0.416 e. The summed E-state index contributed by atoms with van der Waals surface area (Å²) in [6, 6.07) is 6.79. The van der Waals surface area contributed by atoms with E-state index < -0.39 is 11.7 Å². The second-order valence-electron chi connectivity index (χ2n) is 4.08. The van der Waals surface area contributed by atoms with E-state index in [1.807, 2.05) is 13.0 Å². The second kappa shape index (κ2) is 6.44. The molecule has 0 amide bonds. The highest BCUT2D eigenvalue weighted by Crippen LogP contribution is 2.29. The van der Waals surface area contributed by atoms with E-state index in [0.29, 0.717) is 11.1 Å². The summed E-state index contributed by atoms with van der Waals surface area (Å²) in [5, 5.41) is 0. The van der Waals surface area contributed by atoms with Crippen LogP contribution >= 0.6 is 12.4 Å². The molecule has 2 aromatic rings. The Bertz CT molecular complexity index is 654. The SMILES string of the molecule is Cc1cncc(C#Cc2cccc(C(F)(F)F)c2)c1.Cl. The minimum atomic E-state index is -4.34. The van der Waals surface area contributed by atoms with Crippen LogP contribution in [0.15, 0.2) is 42.7 Å². The van der Waals surface area contributed by atoms with Crippen molar-refractivity contribution in [2.75, 3.05) is 0 Å². The van der Waals surface area contributed by atoms with Crippen molar-refractivity contribution in [1.82, 2.24) is 4.98 Å². The Kier molecular flexibility index (Phi) is 5.18. The van der Waals surface area contributed by atoms with Crippen LogP contribution in [-0.4, -0.2) is 4.98 Å². The number of pyridine rings is 1. The molecule has 0 radical (unpaired) electrons. The summed E-state index contributed by atoms with van der Waals surface area (Å²) in [6.45, 7) is 1.88. The fourth-order valence-corrected chi connectivity index (χ4v) is 1.54. The molecule has 0 saturated heterocycles. The molecule has 0 spiro atoms. The molecule has 0 saturated carbocycles. The quantitative estimate of drug-likeness (QED) is 0.663. The maximum absolute atomic E-state index is 12.5. The first-order valence-electron chi connectivity index (χ1n) is 5.56. The molecule has 0 atom stereocenters. The Morgan fingerprint density at radius 3 is 2.35 bits per heavy atom. The van der Waals surface area contributed by atoms with Gasteiger partial charge in [0.1, 0.15) is 0 Å². The van der Waals surface area contributed by atoms with Gasteiger partial charge in [-0.2, -0.15) is 13.2 Å². The summed E-state index contributed by atoms with van der Waals surface area (Å²) >= 11 is 0. The number of halogens is 4. The van der Waals surface area contributed by atoms with Gasteiger partial charge in [0.25, 0.3) is 0 Å². The van der Waals surface area contributed by atoms with Crippen LogP contribution in [0.1, 0.15) is 22.3 Å². The van der Waals surface area contributed by atoms with E-state index in [4.69, 9.17) is 0 Å². The lowest BCUT2D eigenvalue weighted by Crippen LogP contribution is -2.04. The summed E-state index contributed by atoms with van der Waals surface area (Å²) in [7, 11) is 0. The lowest BCUT2D eigenvalue weighted by Gasteiger charge is -2.05. The number of aryl methyl sites for hydroxylation is 1. The average Bonchev–Trinajstić information content (AvgIpc) is 2.36. The van der Waals surface area contributed by atoms with Crippen LogP contribution in [-0.2, 0) is 6.18 Å². The Balaban J connectivity index is 0.00000200. The third-order valence-electron chi connectivity index (χ3n) is 2.42. The molecule has 0 aliphatic heterocycles. The van der Waals surface area contributed by atoms with Gasteiger partial charge in [-0.3, -0.25) is 4.98 Å². The molecule has 20 heavy (non-hydrogen) atoms. The van der Waals surface area contributed by atoms with Gasteiger partial charge in [-0.1, -0.05) is 17.9 Å². The zero-order valence-corrected chi connectivity index (χ0v) is 11.3. The van der Waals surface area contributed by atoms with Crippen molar-refractivity contribution in [1.29, 1.82) is 0 Å². The number of rotatable bonds is 0. The number of aromatic nitrogens is 1. The van der Waals surface area contributed by atoms with Crippen LogP contribution in [0.4, 0.5) is 13.2 Å². The number of hydrogen-bond acceptors (Lipinski definition) is 1. The summed E-state index contributed by atoms with van der Waals surface area (Å²) in [5.74, 6) is 5.51. The molecule has 0 fully saturated rings. The standard InChI is InChI=1S/C15H10F3N.ClH/c1-11-7-13(10-19-9-11)6-5-12-3-2-4-14(8-12)15(16,17)18;/h2-4,7-10H,1H3;1H. The molecule has 104 valence electrons. The number of benzene rings is 1. The molecule has 5 heteroatoms. The lowest BCUT2D eigenvalue weighted by atomic mass is 10.1. The van der Waals surface area contributed by atoms with Crippen molar-refractivity contribution in [2.45, 2.75) is 13.1 Å². The van der Waals surface area contributed by atoms with E-state index in [1.165, 1.54) is 6.07 Å². The molecule has 0 aliphatic carbocycles. The summed E-state index contributed by atoms with van der Waals surface area (Å²) in [5.41, 5.74) is 1.27. The summed E-state index contributed by atoms with van der Waals surface area (Å²) in [6.07, 6.45) is -1.08. The molecule has 0 aliphatic rings. The zero-order valence-electron chi connectivity index (χ0n) is 10.5. The number of alkyl halides is 3. The third-order valence-corrected chi connectivity index (χ3v) is 2.42. The predicted octanol–water partition coefficient (Wildman–Crippen LogP) is 4.23. The monoisotopic (exact) mass is 297 g/mol. The highest BCUT2D eigenvalue weighted by atomic mass is 35.5. The average molecular weight is 298 g/mol. The normalized spacial score (nSPS) is 10.2. The van der Waals surface area contributed by atoms with E-state index in [-0.39, 0.29) is 12.4 Å². The Morgan fingerprint density at radius 1 is 1.00 bits per heavy atom. The van der Waals surface area contributed by atoms with Crippen molar-refractivity contribution < 1.29 is 13.2 Å². The minimum absolute atomic E-state index is 0. The lowest BCUT2D eigenvalue weighted by molar-refractivity contribution is -0.137. The maximum atomic E-state index is 12.5. The van der Waals surface area contributed by atoms with Gasteiger partial charge < -0.3 is 0 Å². The Hall–Kier alpha value is -1.99.